The van der Waals surface area contributed by atoms with Crippen molar-refractivity contribution < 1.29 is 21.9 Å². The minimum absolute atomic E-state index is 0. The maximum atomic E-state index is 13.7. The highest BCUT2D eigenvalue weighted by molar-refractivity contribution is 9.10. The number of nitrogens with one attached hydrogen (secondary N) is 2. The van der Waals surface area contributed by atoms with Crippen molar-refractivity contribution >= 4 is 38.4 Å². The SMILES string of the molecule is COCC1(CNS(=O)(=O)c2cc(Br)c(F)cc2F)CCCN1.Cl. The average Bonchev–Trinajstić information content (AvgIpc) is 2.90. The van der Waals surface area contributed by atoms with E-state index in [1.165, 1.54) is 7.11 Å². The van der Waals surface area contributed by atoms with Crippen LogP contribution in [0.2, 0.25) is 0 Å². The van der Waals surface area contributed by atoms with Crippen molar-refractivity contribution in [3.63, 3.8) is 0 Å². The van der Waals surface area contributed by atoms with Crippen LogP contribution in [0.25, 0.3) is 0 Å². The van der Waals surface area contributed by atoms with Crippen LogP contribution in [0.3, 0.4) is 0 Å². The molecule has 23 heavy (non-hydrogen) atoms. The van der Waals surface area contributed by atoms with Crippen LogP contribution < -0.4 is 10.0 Å². The van der Waals surface area contributed by atoms with Gasteiger partial charge in [-0.05, 0) is 41.4 Å². The van der Waals surface area contributed by atoms with Crippen molar-refractivity contribution in [1.29, 1.82) is 0 Å². The molecule has 1 unspecified atom stereocenters. The third kappa shape index (κ3) is 4.83. The molecule has 1 saturated heterocycles. The third-order valence-corrected chi connectivity index (χ3v) is 5.64. The van der Waals surface area contributed by atoms with E-state index in [9.17, 15) is 17.2 Å². The summed E-state index contributed by atoms with van der Waals surface area (Å²) in [5, 5.41) is 3.22. The number of hydrogen-bond donors (Lipinski definition) is 2. The molecule has 1 aliphatic heterocycles. The van der Waals surface area contributed by atoms with Gasteiger partial charge in [-0.3, -0.25) is 0 Å². The molecule has 0 saturated carbocycles. The Balaban J connectivity index is 0.00000264. The highest BCUT2D eigenvalue weighted by Crippen LogP contribution is 2.24. The maximum Gasteiger partial charge on any atom is 0.243 e. The van der Waals surface area contributed by atoms with Crippen LogP contribution in [-0.2, 0) is 14.8 Å². The lowest BCUT2D eigenvalue weighted by atomic mass is 9.99. The Kier molecular flexibility index (Phi) is 7.36. The van der Waals surface area contributed by atoms with E-state index in [0.29, 0.717) is 12.7 Å². The molecular formula is C13H18BrClF2N2O3S. The Morgan fingerprint density at radius 3 is 2.65 bits per heavy atom. The van der Waals surface area contributed by atoms with Crippen molar-refractivity contribution in [1.82, 2.24) is 10.0 Å². The molecule has 5 nitrogen and oxygen atoms in total. The standard InChI is InChI=1S/C13H17BrF2N2O3S.ClH/c1-21-8-13(3-2-4-17-13)7-18-22(19,20)12-5-9(14)10(15)6-11(12)16;/h5-6,17-18H,2-4,7-8H2,1H3;1H. The highest BCUT2D eigenvalue weighted by Gasteiger charge is 2.35. The minimum Gasteiger partial charge on any atom is -0.383 e. The quantitative estimate of drug-likeness (QED) is 0.672. The van der Waals surface area contributed by atoms with Gasteiger partial charge in [-0.1, -0.05) is 0 Å². The van der Waals surface area contributed by atoms with E-state index in [0.717, 1.165) is 25.5 Å². The van der Waals surface area contributed by atoms with Crippen molar-refractivity contribution in [3.05, 3.63) is 28.2 Å². The molecule has 2 N–H and O–H groups in total. The van der Waals surface area contributed by atoms with E-state index in [4.69, 9.17) is 4.74 Å². The molecule has 0 spiro atoms. The molecule has 0 aliphatic carbocycles. The van der Waals surface area contributed by atoms with Crippen LogP contribution in [0, 0.1) is 11.6 Å². The van der Waals surface area contributed by atoms with Gasteiger partial charge < -0.3 is 10.1 Å². The molecule has 1 heterocycles. The Labute approximate surface area is 148 Å². The fourth-order valence-corrected chi connectivity index (χ4v) is 4.20. The molecular weight excluding hydrogens is 418 g/mol. The van der Waals surface area contributed by atoms with Crippen LogP contribution in [0.15, 0.2) is 21.5 Å². The van der Waals surface area contributed by atoms with Crippen LogP contribution in [0.4, 0.5) is 8.78 Å². The van der Waals surface area contributed by atoms with Gasteiger partial charge in [0.25, 0.3) is 0 Å². The summed E-state index contributed by atoms with van der Waals surface area (Å²) in [4.78, 5) is -0.591. The summed E-state index contributed by atoms with van der Waals surface area (Å²) >= 11 is 2.86. The molecule has 0 amide bonds. The second kappa shape index (κ2) is 8.17. The van der Waals surface area contributed by atoms with Crippen molar-refractivity contribution in [2.75, 3.05) is 26.8 Å². The van der Waals surface area contributed by atoms with Crippen LogP contribution >= 0.6 is 28.3 Å². The monoisotopic (exact) mass is 434 g/mol. The second-order valence-electron chi connectivity index (χ2n) is 5.26. The Morgan fingerprint density at radius 1 is 1.39 bits per heavy atom. The summed E-state index contributed by atoms with van der Waals surface area (Å²) in [6, 6.07) is 1.45. The highest BCUT2D eigenvalue weighted by atomic mass is 79.9. The summed E-state index contributed by atoms with van der Waals surface area (Å²) in [6.45, 7) is 1.17. The number of hydrogen-bond acceptors (Lipinski definition) is 4. The zero-order valence-corrected chi connectivity index (χ0v) is 15.6. The molecule has 0 radical (unpaired) electrons. The lowest BCUT2D eigenvalue weighted by Gasteiger charge is -2.28. The average molecular weight is 436 g/mol. The summed E-state index contributed by atoms with van der Waals surface area (Å²) < 4.78 is 58.9. The summed E-state index contributed by atoms with van der Waals surface area (Å²) in [5.74, 6) is -1.99. The van der Waals surface area contributed by atoms with Gasteiger partial charge in [0, 0.05) is 19.7 Å². The van der Waals surface area contributed by atoms with Crippen LogP contribution in [-0.4, -0.2) is 40.8 Å². The van der Waals surface area contributed by atoms with Crippen molar-refractivity contribution in [2.24, 2.45) is 0 Å². The Hall–Kier alpha value is -0.320. The van der Waals surface area contributed by atoms with Crippen molar-refractivity contribution in [3.8, 4) is 0 Å². The zero-order chi connectivity index (χ0) is 16.4. The number of halogens is 4. The number of sulfonamides is 1. The van der Waals surface area contributed by atoms with Gasteiger partial charge >= 0.3 is 0 Å². The maximum absolute atomic E-state index is 13.7. The van der Waals surface area contributed by atoms with E-state index in [2.05, 4.69) is 26.0 Å². The number of benzene rings is 1. The molecule has 1 fully saturated rings. The fraction of sp³-hybridized carbons (Fsp3) is 0.538. The molecule has 0 bridgehead atoms. The smallest absolute Gasteiger partial charge is 0.243 e. The molecule has 1 aromatic rings. The van der Waals surface area contributed by atoms with Crippen LogP contribution in [0.1, 0.15) is 12.8 Å². The van der Waals surface area contributed by atoms with Crippen LogP contribution in [0.5, 0.6) is 0 Å². The molecule has 10 heteroatoms. The van der Waals surface area contributed by atoms with Crippen molar-refractivity contribution in [2.45, 2.75) is 23.3 Å². The minimum atomic E-state index is -4.09. The first-order valence-corrected chi connectivity index (χ1v) is 8.95. The van der Waals surface area contributed by atoms with E-state index in [1.807, 2.05) is 0 Å². The van der Waals surface area contributed by atoms with Gasteiger partial charge in [0.2, 0.25) is 10.0 Å². The fourth-order valence-electron chi connectivity index (χ4n) is 2.49. The number of rotatable bonds is 6. The van der Waals surface area contributed by atoms with Gasteiger partial charge in [-0.25, -0.2) is 21.9 Å². The molecule has 2 rings (SSSR count). The lowest BCUT2D eigenvalue weighted by Crippen LogP contribution is -2.52. The van der Waals surface area contributed by atoms with Gasteiger partial charge in [-0.2, -0.15) is 0 Å². The molecule has 132 valence electrons. The van der Waals surface area contributed by atoms with Gasteiger partial charge in [0.1, 0.15) is 16.5 Å². The summed E-state index contributed by atoms with van der Waals surface area (Å²) in [7, 11) is -2.56. The first-order valence-electron chi connectivity index (χ1n) is 6.68. The topological polar surface area (TPSA) is 67.4 Å². The Bertz CT molecular complexity index is 655. The summed E-state index contributed by atoms with van der Waals surface area (Å²) in [5.41, 5.74) is -0.504. The van der Waals surface area contributed by atoms with Gasteiger partial charge in [0.05, 0.1) is 16.6 Å². The molecule has 1 aromatic carbocycles. The predicted molar refractivity (Wildman–Crippen MR) is 88.3 cm³/mol. The normalized spacial score (nSPS) is 21.2. The first-order chi connectivity index (χ1) is 10.3. The largest absolute Gasteiger partial charge is 0.383 e. The van der Waals surface area contributed by atoms with E-state index < -0.39 is 32.1 Å². The third-order valence-electron chi connectivity index (χ3n) is 3.62. The first kappa shape index (κ1) is 20.7. The molecule has 1 atom stereocenters. The van der Waals surface area contributed by atoms with E-state index in [1.54, 1.807) is 0 Å². The predicted octanol–water partition coefficient (Wildman–Crippen LogP) is 2.20. The number of ether oxygens (including phenoxy) is 1. The summed E-state index contributed by atoms with van der Waals surface area (Å²) in [6.07, 6.45) is 1.65. The van der Waals surface area contributed by atoms with E-state index >= 15 is 0 Å². The Morgan fingerprint density at radius 2 is 2.09 bits per heavy atom. The zero-order valence-electron chi connectivity index (χ0n) is 12.4. The number of methoxy groups -OCH3 is 1. The lowest BCUT2D eigenvalue weighted by molar-refractivity contribution is 0.122. The molecule has 0 aromatic heterocycles. The van der Waals surface area contributed by atoms with Gasteiger partial charge in [0.15, 0.2) is 0 Å². The second-order valence-corrected chi connectivity index (χ2v) is 7.85. The van der Waals surface area contributed by atoms with E-state index in [-0.39, 0.29) is 23.4 Å². The van der Waals surface area contributed by atoms with Gasteiger partial charge in [-0.15, -0.1) is 12.4 Å². The molecule has 1 aliphatic rings.